The molecule has 0 radical (unpaired) electrons. The molecule has 0 aliphatic carbocycles. The quantitative estimate of drug-likeness (QED) is 0.139. The van der Waals surface area contributed by atoms with E-state index in [0.29, 0.717) is 37.2 Å². The molecule has 31 heavy (non-hydrogen) atoms. The van der Waals surface area contributed by atoms with Gasteiger partial charge in [-0.15, -0.1) is 0 Å². The fourth-order valence-corrected chi connectivity index (χ4v) is 6.57. The summed E-state index contributed by atoms with van der Waals surface area (Å²) in [6, 6.07) is 1.57. The van der Waals surface area contributed by atoms with Crippen molar-refractivity contribution in [1.29, 1.82) is 0 Å². The van der Waals surface area contributed by atoms with Gasteiger partial charge < -0.3 is 14.2 Å². The second kappa shape index (κ2) is 17.7. The monoisotopic (exact) mass is 479 g/mol. The predicted molar refractivity (Wildman–Crippen MR) is 138 cm³/mol. The molecule has 0 spiro atoms. The first-order valence-electron chi connectivity index (χ1n) is 12.0. The molecule has 0 aliphatic heterocycles. The second-order valence-corrected chi connectivity index (χ2v) is 11.7. The molecule has 0 unspecified atom stereocenters. The van der Waals surface area contributed by atoms with Crippen LogP contribution >= 0.6 is 20.2 Å². The van der Waals surface area contributed by atoms with Crippen molar-refractivity contribution in [2.24, 2.45) is 0 Å². The molecule has 0 saturated heterocycles. The molecule has 186 valence electrons. The van der Waals surface area contributed by atoms with E-state index in [-0.39, 0.29) is 11.9 Å². The molecule has 0 aromatic rings. The highest BCUT2D eigenvalue weighted by atomic mass is 32.2. The summed E-state index contributed by atoms with van der Waals surface area (Å²) in [6.07, 6.45) is 1.49. The summed E-state index contributed by atoms with van der Waals surface area (Å²) in [6.45, 7) is 25.9. The molecule has 0 rings (SSSR count). The van der Waals surface area contributed by atoms with Crippen LogP contribution in [0.3, 0.4) is 0 Å². The number of thioether (sulfide) groups is 1. The van der Waals surface area contributed by atoms with E-state index < -0.39 is 8.45 Å². The van der Waals surface area contributed by atoms with Gasteiger partial charge in [0.25, 0.3) is 0 Å². The van der Waals surface area contributed by atoms with E-state index in [1.165, 1.54) is 11.8 Å². The largest absolute Gasteiger partial charge is 0.355 e. The van der Waals surface area contributed by atoms with Crippen molar-refractivity contribution in [1.82, 2.24) is 14.2 Å². The van der Waals surface area contributed by atoms with Gasteiger partial charge in [-0.25, -0.2) is 9.34 Å². The Morgan fingerprint density at radius 1 is 0.871 bits per heavy atom. The number of carbonyl (C=O) groups is 1. The fraction of sp³-hybridized carbons (Fsp3) is 0.957. The Bertz CT molecular complexity index is 427. The third kappa shape index (κ3) is 12.9. The highest BCUT2D eigenvalue weighted by molar-refractivity contribution is 8.13. The van der Waals surface area contributed by atoms with E-state index in [9.17, 15) is 4.79 Å². The summed E-state index contributed by atoms with van der Waals surface area (Å²) in [5.41, 5.74) is 0. The highest BCUT2D eigenvalue weighted by Gasteiger charge is 2.34. The van der Waals surface area contributed by atoms with Crippen molar-refractivity contribution in [2.75, 3.05) is 38.8 Å². The Morgan fingerprint density at radius 2 is 1.35 bits per heavy atom. The van der Waals surface area contributed by atoms with Gasteiger partial charge in [0, 0.05) is 42.9 Å². The minimum Gasteiger partial charge on any atom is -0.355 e. The molecule has 0 atom stereocenters. The first-order chi connectivity index (χ1) is 14.6. The first kappa shape index (κ1) is 31.2. The Balaban J connectivity index is 4.46. The standard InChI is InChI=1S/C23H50N3O3PS/c1-11-24(12-2)15-14-23(27)31-17-13-16-28-18-29-30(25(19(3)4)20(5)6)26(21(7)8)22(9)10/h19-22H,11-18H2,1-10H3. The van der Waals surface area contributed by atoms with E-state index in [4.69, 9.17) is 9.26 Å². The summed E-state index contributed by atoms with van der Waals surface area (Å²) in [5.74, 6) is 0.806. The maximum absolute atomic E-state index is 12.0. The molecule has 0 fully saturated rings. The number of hydrogen-bond donors (Lipinski definition) is 0. The van der Waals surface area contributed by atoms with Gasteiger partial charge in [0.05, 0.1) is 6.61 Å². The Morgan fingerprint density at radius 3 is 1.77 bits per heavy atom. The van der Waals surface area contributed by atoms with Crippen molar-refractivity contribution < 1.29 is 14.1 Å². The minimum absolute atomic E-state index is 0.278. The van der Waals surface area contributed by atoms with Crippen molar-refractivity contribution in [3.63, 3.8) is 0 Å². The first-order valence-corrected chi connectivity index (χ1v) is 14.2. The van der Waals surface area contributed by atoms with Crippen LogP contribution < -0.4 is 0 Å². The van der Waals surface area contributed by atoms with Crippen LogP contribution in [0.4, 0.5) is 0 Å². The molecule has 0 bridgehead atoms. The Kier molecular flexibility index (Phi) is 17.8. The van der Waals surface area contributed by atoms with Gasteiger partial charge in [0.2, 0.25) is 0 Å². The molecule has 0 aromatic heterocycles. The molecule has 6 nitrogen and oxygen atoms in total. The molecular weight excluding hydrogens is 429 g/mol. The third-order valence-corrected chi connectivity index (χ3v) is 8.98. The molecule has 0 N–H and O–H groups in total. The van der Waals surface area contributed by atoms with Gasteiger partial charge in [-0.3, -0.25) is 4.79 Å². The van der Waals surface area contributed by atoms with Gasteiger partial charge in [-0.1, -0.05) is 25.6 Å². The summed E-state index contributed by atoms with van der Waals surface area (Å²) >= 11 is 1.43. The van der Waals surface area contributed by atoms with Gasteiger partial charge in [0.1, 0.15) is 0 Å². The highest BCUT2D eigenvalue weighted by Crippen LogP contribution is 2.50. The molecule has 8 heteroatoms. The topological polar surface area (TPSA) is 45.3 Å². The molecular formula is C23H50N3O3PS. The molecule has 0 aromatic carbocycles. The van der Waals surface area contributed by atoms with Crippen LogP contribution in [0.15, 0.2) is 0 Å². The maximum Gasteiger partial charge on any atom is 0.191 e. The predicted octanol–water partition coefficient (Wildman–Crippen LogP) is 5.82. The van der Waals surface area contributed by atoms with Crippen LogP contribution in [0.5, 0.6) is 0 Å². The summed E-state index contributed by atoms with van der Waals surface area (Å²) in [4.78, 5) is 14.3. The van der Waals surface area contributed by atoms with E-state index in [0.717, 1.165) is 31.8 Å². The number of rotatable bonds is 18. The van der Waals surface area contributed by atoms with Crippen LogP contribution in [-0.2, 0) is 14.1 Å². The number of hydrogen-bond acceptors (Lipinski definition) is 7. The van der Waals surface area contributed by atoms with Gasteiger partial charge in [-0.2, -0.15) is 0 Å². The molecule has 0 amide bonds. The number of ether oxygens (including phenoxy) is 1. The Labute approximate surface area is 198 Å². The lowest BCUT2D eigenvalue weighted by atomic mass is 10.3. The van der Waals surface area contributed by atoms with E-state index in [1.807, 2.05) is 0 Å². The van der Waals surface area contributed by atoms with E-state index >= 15 is 0 Å². The van der Waals surface area contributed by atoms with Gasteiger partial charge >= 0.3 is 0 Å². The zero-order valence-electron chi connectivity index (χ0n) is 21.9. The SMILES string of the molecule is CCN(CC)CCC(=O)SCCCOCOP(N(C(C)C)C(C)C)N(C(C)C)C(C)C. The second-order valence-electron chi connectivity index (χ2n) is 8.89. The lowest BCUT2D eigenvalue weighted by Gasteiger charge is -2.45. The van der Waals surface area contributed by atoms with Crippen molar-refractivity contribution >= 4 is 25.3 Å². The van der Waals surface area contributed by atoms with Crippen molar-refractivity contribution in [2.45, 2.75) is 106 Å². The number of carbonyl (C=O) groups excluding carboxylic acids is 1. The minimum atomic E-state index is -0.917. The van der Waals surface area contributed by atoms with Crippen molar-refractivity contribution in [3.05, 3.63) is 0 Å². The zero-order chi connectivity index (χ0) is 24.0. The Hall–Kier alpha value is 0.250. The fourth-order valence-electron chi connectivity index (χ4n) is 3.59. The summed E-state index contributed by atoms with van der Waals surface area (Å²) < 4.78 is 17.1. The summed E-state index contributed by atoms with van der Waals surface area (Å²) in [5, 5.41) is 0.278. The molecule has 0 aliphatic rings. The van der Waals surface area contributed by atoms with Crippen LogP contribution in [0.2, 0.25) is 0 Å². The smallest absolute Gasteiger partial charge is 0.191 e. The van der Waals surface area contributed by atoms with Crippen LogP contribution in [0.25, 0.3) is 0 Å². The average molecular weight is 480 g/mol. The summed E-state index contributed by atoms with van der Waals surface area (Å²) in [7, 11) is -0.917. The molecule has 0 saturated carbocycles. The maximum atomic E-state index is 12.0. The average Bonchev–Trinajstić information content (AvgIpc) is 2.66. The van der Waals surface area contributed by atoms with Crippen LogP contribution in [0.1, 0.15) is 82.1 Å². The lowest BCUT2D eigenvalue weighted by Crippen LogP contribution is -2.43. The zero-order valence-corrected chi connectivity index (χ0v) is 23.6. The van der Waals surface area contributed by atoms with Gasteiger partial charge in [-0.05, 0) is 74.9 Å². The lowest BCUT2D eigenvalue weighted by molar-refractivity contribution is -0.111. The van der Waals surface area contributed by atoms with Crippen molar-refractivity contribution in [3.8, 4) is 0 Å². The molecule has 0 heterocycles. The number of nitrogens with zero attached hydrogens (tertiary/aromatic N) is 3. The van der Waals surface area contributed by atoms with Crippen LogP contribution in [0, 0.1) is 0 Å². The van der Waals surface area contributed by atoms with Gasteiger partial charge in [0.15, 0.2) is 20.4 Å². The third-order valence-electron chi connectivity index (χ3n) is 4.99. The normalized spacial score (nSPS) is 12.8. The van der Waals surface area contributed by atoms with Crippen LogP contribution in [-0.4, -0.2) is 82.3 Å². The van der Waals surface area contributed by atoms with E-state index in [2.05, 4.69) is 83.5 Å². The van der Waals surface area contributed by atoms with E-state index in [1.54, 1.807) is 0 Å².